The first-order valence-electron chi connectivity index (χ1n) is 3.68. The van der Waals surface area contributed by atoms with E-state index in [9.17, 15) is 4.79 Å². The molecule has 4 heteroatoms. The normalized spacial score (nSPS) is 29.6. The predicted octanol–water partition coefficient (Wildman–Crippen LogP) is 2.35. The number of rotatable bonds is 2. The molecule has 0 spiro atoms. The SMILES string of the molecule is CC(C)CC1(C)N=NC(=O)O1. The lowest BCUT2D eigenvalue weighted by Gasteiger charge is -2.19. The van der Waals surface area contributed by atoms with Crippen molar-refractivity contribution in [1.29, 1.82) is 0 Å². The van der Waals surface area contributed by atoms with Crippen molar-refractivity contribution in [1.82, 2.24) is 0 Å². The Morgan fingerprint density at radius 1 is 1.64 bits per heavy atom. The van der Waals surface area contributed by atoms with E-state index in [0.29, 0.717) is 5.92 Å². The van der Waals surface area contributed by atoms with Crippen LogP contribution in [0.2, 0.25) is 0 Å². The molecule has 0 N–H and O–H groups in total. The molecular formula is C7H12N2O2. The van der Waals surface area contributed by atoms with Gasteiger partial charge in [-0.1, -0.05) is 19.0 Å². The summed E-state index contributed by atoms with van der Waals surface area (Å²) >= 11 is 0. The van der Waals surface area contributed by atoms with Crippen LogP contribution in [-0.4, -0.2) is 11.8 Å². The molecule has 4 nitrogen and oxygen atoms in total. The number of cyclic esters (lactones) is 1. The van der Waals surface area contributed by atoms with Gasteiger partial charge in [-0.15, -0.1) is 5.11 Å². The lowest BCUT2D eigenvalue weighted by molar-refractivity contribution is 0.0428. The van der Waals surface area contributed by atoms with Crippen molar-refractivity contribution < 1.29 is 9.53 Å². The third kappa shape index (κ3) is 2.00. The van der Waals surface area contributed by atoms with Gasteiger partial charge in [0.1, 0.15) is 0 Å². The fourth-order valence-corrected chi connectivity index (χ4v) is 1.22. The van der Waals surface area contributed by atoms with Gasteiger partial charge in [-0.05, 0) is 12.8 Å². The maximum absolute atomic E-state index is 10.6. The minimum atomic E-state index is -0.703. The van der Waals surface area contributed by atoms with E-state index in [1.165, 1.54) is 0 Å². The van der Waals surface area contributed by atoms with Crippen LogP contribution in [0.15, 0.2) is 10.2 Å². The van der Waals surface area contributed by atoms with Crippen LogP contribution in [0.3, 0.4) is 0 Å². The van der Waals surface area contributed by atoms with Gasteiger partial charge in [0.15, 0.2) is 0 Å². The second kappa shape index (κ2) is 2.60. The van der Waals surface area contributed by atoms with E-state index in [1.807, 2.05) is 13.8 Å². The van der Waals surface area contributed by atoms with E-state index in [-0.39, 0.29) is 0 Å². The van der Waals surface area contributed by atoms with E-state index in [1.54, 1.807) is 6.92 Å². The minimum absolute atomic E-state index is 0.449. The highest BCUT2D eigenvalue weighted by atomic mass is 16.6. The third-order valence-electron chi connectivity index (χ3n) is 1.44. The van der Waals surface area contributed by atoms with E-state index in [2.05, 4.69) is 10.2 Å². The zero-order chi connectivity index (χ0) is 8.48. The molecule has 0 bridgehead atoms. The summed E-state index contributed by atoms with van der Waals surface area (Å²) in [5.41, 5.74) is -0.703. The summed E-state index contributed by atoms with van der Waals surface area (Å²) in [5.74, 6) is 0.449. The topological polar surface area (TPSA) is 51.0 Å². The smallest absolute Gasteiger partial charge is 0.417 e. The first-order chi connectivity index (χ1) is 5.02. The van der Waals surface area contributed by atoms with Gasteiger partial charge in [0.25, 0.3) is 0 Å². The number of hydrogen-bond acceptors (Lipinski definition) is 3. The van der Waals surface area contributed by atoms with E-state index < -0.39 is 11.8 Å². The van der Waals surface area contributed by atoms with Crippen LogP contribution in [0.4, 0.5) is 4.79 Å². The van der Waals surface area contributed by atoms with Gasteiger partial charge in [-0.25, -0.2) is 4.79 Å². The van der Waals surface area contributed by atoms with E-state index in [4.69, 9.17) is 4.74 Å². The van der Waals surface area contributed by atoms with Crippen molar-refractivity contribution in [2.75, 3.05) is 0 Å². The van der Waals surface area contributed by atoms with Crippen LogP contribution in [0, 0.1) is 5.92 Å². The second-order valence-corrected chi connectivity index (χ2v) is 3.34. The van der Waals surface area contributed by atoms with Crippen molar-refractivity contribution in [3.8, 4) is 0 Å². The molecule has 0 saturated carbocycles. The van der Waals surface area contributed by atoms with Crippen molar-refractivity contribution >= 4 is 6.09 Å². The van der Waals surface area contributed by atoms with Crippen LogP contribution in [-0.2, 0) is 4.74 Å². The van der Waals surface area contributed by atoms with Gasteiger partial charge >= 0.3 is 6.09 Å². The Labute approximate surface area is 65.6 Å². The highest BCUT2D eigenvalue weighted by Crippen LogP contribution is 2.27. The quantitative estimate of drug-likeness (QED) is 0.616. The van der Waals surface area contributed by atoms with E-state index in [0.717, 1.165) is 6.42 Å². The molecule has 0 fully saturated rings. The van der Waals surface area contributed by atoms with Gasteiger partial charge in [-0.3, -0.25) is 0 Å². The third-order valence-corrected chi connectivity index (χ3v) is 1.44. The Morgan fingerprint density at radius 3 is 2.64 bits per heavy atom. The van der Waals surface area contributed by atoms with Gasteiger partial charge < -0.3 is 4.74 Å². The summed E-state index contributed by atoms with van der Waals surface area (Å²) in [6.07, 6.45) is 0.149. The van der Waals surface area contributed by atoms with Crippen molar-refractivity contribution in [3.05, 3.63) is 0 Å². The number of amides is 1. The van der Waals surface area contributed by atoms with Gasteiger partial charge in [-0.2, -0.15) is 0 Å². The van der Waals surface area contributed by atoms with Gasteiger partial charge in [0.05, 0.1) is 0 Å². The summed E-state index contributed by atoms with van der Waals surface area (Å²) in [4.78, 5) is 10.6. The molecule has 1 amide bonds. The molecule has 0 aromatic heterocycles. The van der Waals surface area contributed by atoms with Gasteiger partial charge in [0, 0.05) is 6.42 Å². The Morgan fingerprint density at radius 2 is 2.27 bits per heavy atom. The molecule has 1 heterocycles. The van der Waals surface area contributed by atoms with Crippen molar-refractivity contribution in [3.63, 3.8) is 0 Å². The standard InChI is InChI=1S/C7H12N2O2/c1-5(2)4-7(3)9-8-6(10)11-7/h5H,4H2,1-3H3. The lowest BCUT2D eigenvalue weighted by atomic mass is 10.0. The number of azo groups is 1. The van der Waals surface area contributed by atoms with Crippen LogP contribution >= 0.6 is 0 Å². The second-order valence-electron chi connectivity index (χ2n) is 3.34. The Kier molecular flexibility index (Phi) is 1.93. The zero-order valence-electron chi connectivity index (χ0n) is 7.00. The first kappa shape index (κ1) is 8.17. The molecule has 62 valence electrons. The summed E-state index contributed by atoms with van der Waals surface area (Å²) < 4.78 is 4.89. The Balaban J connectivity index is 2.56. The number of ether oxygens (including phenoxy) is 1. The average molecular weight is 156 g/mol. The number of nitrogens with zero attached hydrogens (tertiary/aromatic N) is 2. The number of carbonyl (C=O) groups excluding carboxylic acids is 1. The molecule has 0 saturated heterocycles. The monoisotopic (exact) mass is 156 g/mol. The van der Waals surface area contributed by atoms with Crippen LogP contribution in [0.1, 0.15) is 27.2 Å². The van der Waals surface area contributed by atoms with Crippen LogP contribution < -0.4 is 0 Å². The molecule has 0 aliphatic carbocycles. The highest BCUT2D eigenvalue weighted by Gasteiger charge is 2.34. The maximum atomic E-state index is 10.6. The summed E-state index contributed by atoms with van der Waals surface area (Å²) in [6, 6.07) is 0. The van der Waals surface area contributed by atoms with Crippen LogP contribution in [0.5, 0.6) is 0 Å². The molecule has 1 aliphatic rings. The molecular weight excluding hydrogens is 144 g/mol. The number of hydrogen-bond donors (Lipinski definition) is 0. The Bertz CT molecular complexity index is 201. The molecule has 11 heavy (non-hydrogen) atoms. The maximum Gasteiger partial charge on any atom is 0.454 e. The Hall–Kier alpha value is -0.930. The fraction of sp³-hybridized carbons (Fsp3) is 0.857. The molecule has 1 aliphatic heterocycles. The largest absolute Gasteiger partial charge is 0.454 e. The molecule has 1 atom stereocenters. The lowest BCUT2D eigenvalue weighted by Crippen LogP contribution is -2.25. The van der Waals surface area contributed by atoms with Gasteiger partial charge in [0.2, 0.25) is 5.72 Å². The summed E-state index contributed by atoms with van der Waals surface area (Å²) in [6.45, 7) is 5.86. The molecule has 0 aromatic carbocycles. The summed E-state index contributed by atoms with van der Waals surface area (Å²) in [5, 5.41) is 7.05. The van der Waals surface area contributed by atoms with Crippen molar-refractivity contribution in [2.24, 2.45) is 16.1 Å². The molecule has 1 rings (SSSR count). The molecule has 0 radical (unpaired) electrons. The zero-order valence-corrected chi connectivity index (χ0v) is 7.00. The first-order valence-corrected chi connectivity index (χ1v) is 3.68. The fourth-order valence-electron chi connectivity index (χ4n) is 1.22. The minimum Gasteiger partial charge on any atom is -0.417 e. The molecule has 1 unspecified atom stereocenters. The van der Waals surface area contributed by atoms with Crippen LogP contribution in [0.25, 0.3) is 0 Å². The summed E-state index contributed by atoms with van der Waals surface area (Å²) in [7, 11) is 0. The number of carbonyl (C=O) groups is 1. The molecule has 0 aromatic rings. The predicted molar refractivity (Wildman–Crippen MR) is 39.2 cm³/mol. The van der Waals surface area contributed by atoms with Crippen molar-refractivity contribution in [2.45, 2.75) is 32.9 Å². The average Bonchev–Trinajstić information content (AvgIpc) is 2.08. The highest BCUT2D eigenvalue weighted by molar-refractivity contribution is 5.69. The van der Waals surface area contributed by atoms with E-state index >= 15 is 0 Å².